The van der Waals surface area contributed by atoms with E-state index in [0.29, 0.717) is 24.2 Å². The number of rotatable bonds is 7. The second-order valence-corrected chi connectivity index (χ2v) is 11.6. The third kappa shape index (κ3) is 5.47. The fourth-order valence-electron chi connectivity index (χ4n) is 3.39. The van der Waals surface area contributed by atoms with Crippen molar-refractivity contribution in [1.82, 2.24) is 9.62 Å². The van der Waals surface area contributed by atoms with E-state index in [1.807, 2.05) is 6.92 Å². The topological polar surface area (TPSA) is 101 Å². The Morgan fingerprint density at radius 3 is 2.07 bits per heavy atom. The van der Waals surface area contributed by atoms with E-state index in [2.05, 4.69) is 5.32 Å². The molecule has 0 aromatic heterocycles. The van der Waals surface area contributed by atoms with E-state index >= 15 is 0 Å². The third-order valence-electron chi connectivity index (χ3n) is 5.18. The molecule has 3 rings (SSSR count). The summed E-state index contributed by atoms with van der Waals surface area (Å²) >= 11 is 0. The van der Waals surface area contributed by atoms with Crippen LogP contribution in [-0.4, -0.2) is 46.4 Å². The van der Waals surface area contributed by atoms with Gasteiger partial charge in [-0.25, -0.2) is 21.1 Å². The SMILES string of the molecule is C[C@H](NC(=O)c1ccc(CS(=O)(=O)N2CCCC2)cc1)c1ccc(S(C)(=O)=O)cc1. The smallest absolute Gasteiger partial charge is 0.251 e. The molecule has 162 valence electrons. The van der Waals surface area contributed by atoms with Crippen LogP contribution in [0.15, 0.2) is 53.4 Å². The van der Waals surface area contributed by atoms with Crippen molar-refractivity contribution in [1.29, 1.82) is 0 Å². The van der Waals surface area contributed by atoms with Gasteiger partial charge in [0.1, 0.15) is 0 Å². The lowest BCUT2D eigenvalue weighted by Crippen LogP contribution is -2.29. The van der Waals surface area contributed by atoms with Gasteiger partial charge in [0.15, 0.2) is 9.84 Å². The van der Waals surface area contributed by atoms with Crippen molar-refractivity contribution < 1.29 is 21.6 Å². The highest BCUT2D eigenvalue weighted by molar-refractivity contribution is 7.90. The van der Waals surface area contributed by atoms with Crippen molar-refractivity contribution in [2.45, 2.75) is 36.5 Å². The summed E-state index contributed by atoms with van der Waals surface area (Å²) in [5, 5.41) is 2.87. The molecule has 1 atom stereocenters. The Balaban J connectivity index is 1.63. The Labute approximate surface area is 178 Å². The quantitative estimate of drug-likeness (QED) is 0.699. The molecule has 7 nitrogen and oxygen atoms in total. The molecular formula is C21H26N2O5S2. The first-order valence-electron chi connectivity index (χ1n) is 9.74. The number of sulfone groups is 1. The number of hydrogen-bond acceptors (Lipinski definition) is 5. The van der Waals surface area contributed by atoms with Crippen LogP contribution < -0.4 is 5.32 Å². The highest BCUT2D eigenvalue weighted by Gasteiger charge is 2.25. The summed E-state index contributed by atoms with van der Waals surface area (Å²) in [4.78, 5) is 12.8. The summed E-state index contributed by atoms with van der Waals surface area (Å²) < 4.78 is 49.5. The Bertz CT molecular complexity index is 1100. The summed E-state index contributed by atoms with van der Waals surface area (Å²) in [5.74, 6) is -0.360. The molecule has 1 aliphatic heterocycles. The first-order chi connectivity index (χ1) is 14.1. The second-order valence-electron chi connectivity index (χ2n) is 7.60. The number of sulfonamides is 1. The van der Waals surface area contributed by atoms with Crippen molar-refractivity contribution in [3.05, 3.63) is 65.2 Å². The zero-order chi connectivity index (χ0) is 21.9. The maximum absolute atomic E-state index is 12.5. The highest BCUT2D eigenvalue weighted by atomic mass is 32.2. The van der Waals surface area contributed by atoms with Crippen molar-refractivity contribution in [2.24, 2.45) is 0 Å². The zero-order valence-electron chi connectivity index (χ0n) is 17.0. The van der Waals surface area contributed by atoms with E-state index in [0.717, 1.165) is 24.7 Å². The van der Waals surface area contributed by atoms with Crippen LogP contribution in [-0.2, 0) is 25.6 Å². The molecule has 1 aliphatic rings. The van der Waals surface area contributed by atoms with Gasteiger partial charge in [-0.3, -0.25) is 4.79 Å². The predicted octanol–water partition coefficient (Wildman–Crippen LogP) is 2.51. The van der Waals surface area contributed by atoms with Crippen LogP contribution >= 0.6 is 0 Å². The molecule has 1 amide bonds. The lowest BCUT2D eigenvalue weighted by atomic mass is 10.1. The van der Waals surface area contributed by atoms with E-state index in [1.54, 1.807) is 36.4 Å². The second kappa shape index (κ2) is 8.87. The maximum atomic E-state index is 12.5. The van der Waals surface area contributed by atoms with Crippen LogP contribution in [0.2, 0.25) is 0 Å². The molecule has 1 N–H and O–H groups in total. The molecule has 0 unspecified atom stereocenters. The average Bonchev–Trinajstić information content (AvgIpc) is 3.23. The molecule has 0 aliphatic carbocycles. The van der Waals surface area contributed by atoms with Crippen LogP contribution in [0.5, 0.6) is 0 Å². The van der Waals surface area contributed by atoms with Gasteiger partial charge in [-0.2, -0.15) is 0 Å². The summed E-state index contributed by atoms with van der Waals surface area (Å²) in [6.07, 6.45) is 2.94. The van der Waals surface area contributed by atoms with Gasteiger partial charge in [0.05, 0.1) is 16.7 Å². The van der Waals surface area contributed by atoms with Crippen molar-refractivity contribution >= 4 is 25.8 Å². The van der Waals surface area contributed by atoms with E-state index in [1.165, 1.54) is 16.4 Å². The lowest BCUT2D eigenvalue weighted by molar-refractivity contribution is 0.0940. The van der Waals surface area contributed by atoms with E-state index < -0.39 is 19.9 Å². The molecule has 1 fully saturated rings. The van der Waals surface area contributed by atoms with Crippen molar-refractivity contribution in [3.63, 3.8) is 0 Å². The number of carbonyl (C=O) groups is 1. The third-order valence-corrected chi connectivity index (χ3v) is 8.16. The minimum atomic E-state index is -3.33. The standard InChI is InChI=1S/C21H26N2O5S2/c1-16(18-9-11-20(12-10-18)29(2,25)26)22-21(24)19-7-5-17(6-8-19)15-30(27,28)23-13-3-4-14-23/h5-12,16H,3-4,13-15H2,1-2H3,(H,22,24)/t16-/m0/s1. The van der Waals surface area contributed by atoms with E-state index in [-0.39, 0.29) is 22.6 Å². The van der Waals surface area contributed by atoms with Gasteiger partial charge < -0.3 is 5.32 Å². The first kappa shape index (κ1) is 22.5. The number of amides is 1. The van der Waals surface area contributed by atoms with Crippen LogP contribution in [0, 0.1) is 0 Å². The Hall–Kier alpha value is -2.23. The molecule has 0 saturated carbocycles. The minimum absolute atomic E-state index is 0.0714. The molecule has 9 heteroatoms. The molecule has 2 aromatic rings. The number of nitrogens with zero attached hydrogens (tertiary/aromatic N) is 1. The van der Waals surface area contributed by atoms with Gasteiger partial charge in [-0.15, -0.1) is 0 Å². The molecule has 30 heavy (non-hydrogen) atoms. The number of carbonyl (C=O) groups excluding carboxylic acids is 1. The largest absolute Gasteiger partial charge is 0.346 e. The van der Waals surface area contributed by atoms with Gasteiger partial charge >= 0.3 is 0 Å². The number of nitrogens with one attached hydrogen (secondary N) is 1. The van der Waals surface area contributed by atoms with Crippen LogP contribution in [0.1, 0.15) is 47.3 Å². The summed E-state index contributed by atoms with van der Waals surface area (Å²) in [6.45, 7) is 2.96. The lowest BCUT2D eigenvalue weighted by Gasteiger charge is -2.16. The number of hydrogen-bond donors (Lipinski definition) is 1. The molecular weight excluding hydrogens is 424 g/mol. The van der Waals surface area contributed by atoms with Gasteiger partial charge in [0, 0.05) is 24.9 Å². The zero-order valence-corrected chi connectivity index (χ0v) is 18.7. The average molecular weight is 451 g/mol. The van der Waals surface area contributed by atoms with Crippen LogP contribution in [0.3, 0.4) is 0 Å². The van der Waals surface area contributed by atoms with Crippen LogP contribution in [0.4, 0.5) is 0 Å². The maximum Gasteiger partial charge on any atom is 0.251 e. The monoisotopic (exact) mass is 450 g/mol. The molecule has 0 radical (unpaired) electrons. The Morgan fingerprint density at radius 1 is 0.967 bits per heavy atom. The number of benzene rings is 2. The van der Waals surface area contributed by atoms with Crippen molar-refractivity contribution in [3.8, 4) is 0 Å². The Morgan fingerprint density at radius 2 is 1.53 bits per heavy atom. The molecule has 1 heterocycles. The van der Waals surface area contributed by atoms with Gasteiger partial charge in [0.25, 0.3) is 5.91 Å². The molecule has 0 bridgehead atoms. The summed E-state index contributed by atoms with van der Waals surface area (Å²) in [6, 6.07) is 12.6. The summed E-state index contributed by atoms with van der Waals surface area (Å²) in [5.41, 5.74) is 1.85. The van der Waals surface area contributed by atoms with Gasteiger partial charge in [-0.05, 0) is 55.2 Å². The minimum Gasteiger partial charge on any atom is -0.346 e. The van der Waals surface area contributed by atoms with Gasteiger partial charge in [0.2, 0.25) is 10.0 Å². The van der Waals surface area contributed by atoms with E-state index in [4.69, 9.17) is 0 Å². The van der Waals surface area contributed by atoms with Gasteiger partial charge in [-0.1, -0.05) is 24.3 Å². The first-order valence-corrected chi connectivity index (χ1v) is 13.2. The fourth-order valence-corrected chi connectivity index (χ4v) is 5.63. The van der Waals surface area contributed by atoms with Crippen molar-refractivity contribution in [2.75, 3.05) is 19.3 Å². The fraction of sp³-hybridized carbons (Fsp3) is 0.381. The highest BCUT2D eigenvalue weighted by Crippen LogP contribution is 2.19. The normalized spacial score (nSPS) is 16.3. The summed E-state index contributed by atoms with van der Waals surface area (Å²) in [7, 11) is -6.59. The molecule has 0 spiro atoms. The Kier molecular flexibility index (Phi) is 6.64. The van der Waals surface area contributed by atoms with Crippen LogP contribution in [0.25, 0.3) is 0 Å². The predicted molar refractivity (Wildman–Crippen MR) is 115 cm³/mol. The molecule has 1 saturated heterocycles. The van der Waals surface area contributed by atoms with E-state index in [9.17, 15) is 21.6 Å². The molecule has 2 aromatic carbocycles.